The van der Waals surface area contributed by atoms with E-state index in [1.54, 1.807) is 12.4 Å². The zero-order valence-corrected chi connectivity index (χ0v) is 10.7. The Morgan fingerprint density at radius 2 is 2.16 bits per heavy atom. The molecule has 1 aromatic rings. The number of carbonyl (C=O) groups is 1. The number of alkyl halides is 3. The summed E-state index contributed by atoms with van der Waals surface area (Å²) in [4.78, 5) is 15.2. The Hall–Kier alpha value is -1.79. The zero-order chi connectivity index (χ0) is 14.5. The molecule has 1 atom stereocenters. The summed E-state index contributed by atoms with van der Waals surface area (Å²) in [6.07, 6.45) is -0.559. The monoisotopic (exact) mass is 275 g/mol. The molecule has 0 aliphatic carbocycles. The molecule has 1 rings (SSSR count). The van der Waals surface area contributed by atoms with Crippen molar-refractivity contribution in [3.05, 3.63) is 29.6 Å². The fourth-order valence-electron chi connectivity index (χ4n) is 1.42. The molecule has 0 aliphatic rings. The van der Waals surface area contributed by atoms with Crippen LogP contribution in [-0.4, -0.2) is 29.8 Å². The van der Waals surface area contributed by atoms with Crippen LogP contribution in [0, 0.1) is 6.92 Å². The summed E-state index contributed by atoms with van der Waals surface area (Å²) >= 11 is 0. The lowest BCUT2D eigenvalue weighted by Gasteiger charge is -2.17. The number of aryl methyl sites for hydroxylation is 1. The Kier molecular flexibility index (Phi) is 5.14. The second-order valence-corrected chi connectivity index (χ2v) is 4.22. The molecule has 0 aliphatic heterocycles. The highest BCUT2D eigenvalue weighted by atomic mass is 19.4. The third-order valence-electron chi connectivity index (χ3n) is 2.65. The smallest absolute Gasteiger partial charge is 0.338 e. The summed E-state index contributed by atoms with van der Waals surface area (Å²) in [6.45, 7) is 3.04. The van der Waals surface area contributed by atoms with Crippen molar-refractivity contribution in [1.82, 2.24) is 15.6 Å². The van der Waals surface area contributed by atoms with E-state index < -0.39 is 18.2 Å². The summed E-state index contributed by atoms with van der Waals surface area (Å²) in [5.74, 6) is 0. The van der Waals surface area contributed by atoms with Crippen molar-refractivity contribution in [3.63, 3.8) is 0 Å². The maximum absolute atomic E-state index is 12.2. The molecular formula is C12H16F3N3O. The molecule has 1 aromatic heterocycles. The molecule has 0 saturated carbocycles. The van der Waals surface area contributed by atoms with Gasteiger partial charge in [0.05, 0.1) is 0 Å². The average Bonchev–Trinajstić information content (AvgIpc) is 2.30. The lowest BCUT2D eigenvalue weighted by molar-refractivity contribution is -0.148. The number of hydrogen-bond donors (Lipinski definition) is 2. The second-order valence-electron chi connectivity index (χ2n) is 4.22. The summed E-state index contributed by atoms with van der Waals surface area (Å²) in [6, 6.07) is -0.875. The molecule has 2 amide bonds. The topological polar surface area (TPSA) is 54.0 Å². The maximum atomic E-state index is 12.2. The van der Waals surface area contributed by atoms with Gasteiger partial charge in [0.15, 0.2) is 0 Å². The molecule has 19 heavy (non-hydrogen) atoms. The number of nitrogens with one attached hydrogen (secondary N) is 2. The molecular weight excluding hydrogens is 259 g/mol. The Morgan fingerprint density at radius 3 is 2.74 bits per heavy atom. The van der Waals surface area contributed by atoms with Crippen LogP contribution in [0.25, 0.3) is 0 Å². The van der Waals surface area contributed by atoms with Gasteiger partial charge in [0.25, 0.3) is 0 Å². The fraction of sp³-hybridized carbons (Fsp3) is 0.500. The predicted molar refractivity (Wildman–Crippen MR) is 64.7 cm³/mol. The largest absolute Gasteiger partial charge is 0.408 e. The molecule has 0 fully saturated rings. The van der Waals surface area contributed by atoms with Crippen molar-refractivity contribution in [1.29, 1.82) is 0 Å². The minimum absolute atomic E-state index is 0.265. The molecule has 1 heterocycles. The zero-order valence-electron chi connectivity index (χ0n) is 10.7. The second kappa shape index (κ2) is 6.40. The lowest BCUT2D eigenvalue weighted by Crippen LogP contribution is -2.47. The number of aromatic nitrogens is 1. The quantitative estimate of drug-likeness (QED) is 0.885. The van der Waals surface area contributed by atoms with E-state index in [-0.39, 0.29) is 6.54 Å². The molecule has 0 aromatic carbocycles. The number of hydrogen-bond acceptors (Lipinski definition) is 2. The van der Waals surface area contributed by atoms with E-state index in [0.717, 1.165) is 18.1 Å². The van der Waals surface area contributed by atoms with Crippen LogP contribution < -0.4 is 10.6 Å². The molecule has 2 N–H and O–H groups in total. The standard InChI is InChI=1S/C12H16F3N3O/c1-8-7-16-5-3-10(8)4-6-17-11(19)18-9(2)12(13,14)15/h3,5,7,9H,4,6H2,1-2H3,(H2,17,18,19)/t9-/m1/s1. The predicted octanol–water partition coefficient (Wildman–Crippen LogP) is 2.18. The first-order valence-corrected chi connectivity index (χ1v) is 5.81. The summed E-state index contributed by atoms with van der Waals surface area (Å²) in [5, 5.41) is 4.22. The Labute approximate surface area is 109 Å². The van der Waals surface area contributed by atoms with Crippen molar-refractivity contribution >= 4 is 6.03 Å². The van der Waals surface area contributed by atoms with Crippen molar-refractivity contribution in [2.24, 2.45) is 0 Å². The first-order valence-electron chi connectivity index (χ1n) is 5.81. The van der Waals surface area contributed by atoms with Gasteiger partial charge in [-0.3, -0.25) is 4.98 Å². The van der Waals surface area contributed by atoms with Crippen molar-refractivity contribution in [2.75, 3.05) is 6.54 Å². The van der Waals surface area contributed by atoms with Gasteiger partial charge in [-0.15, -0.1) is 0 Å². The number of urea groups is 1. The highest BCUT2D eigenvalue weighted by Crippen LogP contribution is 2.19. The molecule has 106 valence electrons. The van der Waals surface area contributed by atoms with Gasteiger partial charge in [0, 0.05) is 18.9 Å². The van der Waals surface area contributed by atoms with E-state index in [9.17, 15) is 18.0 Å². The number of pyridine rings is 1. The number of rotatable bonds is 4. The fourth-order valence-corrected chi connectivity index (χ4v) is 1.42. The summed E-state index contributed by atoms with van der Waals surface area (Å²) in [7, 11) is 0. The van der Waals surface area contributed by atoms with E-state index in [1.807, 2.05) is 18.3 Å². The third-order valence-corrected chi connectivity index (χ3v) is 2.65. The number of amides is 2. The minimum atomic E-state index is -4.43. The Bertz CT molecular complexity index is 434. The first kappa shape index (κ1) is 15.3. The summed E-state index contributed by atoms with van der Waals surface area (Å²) < 4.78 is 36.6. The molecule has 0 spiro atoms. The van der Waals surface area contributed by atoms with Crippen LogP contribution in [0.15, 0.2) is 18.5 Å². The number of carbonyl (C=O) groups excluding carboxylic acids is 1. The molecule has 0 saturated heterocycles. The molecule has 0 radical (unpaired) electrons. The molecule has 0 bridgehead atoms. The van der Waals surface area contributed by atoms with Crippen LogP contribution >= 0.6 is 0 Å². The Morgan fingerprint density at radius 1 is 1.47 bits per heavy atom. The lowest BCUT2D eigenvalue weighted by atomic mass is 10.1. The SMILES string of the molecule is Cc1cnccc1CCNC(=O)N[C@H](C)C(F)(F)F. The van der Waals surface area contributed by atoms with Crippen molar-refractivity contribution in [3.8, 4) is 0 Å². The van der Waals surface area contributed by atoms with Gasteiger partial charge >= 0.3 is 12.2 Å². The minimum Gasteiger partial charge on any atom is -0.338 e. The van der Waals surface area contributed by atoms with Gasteiger partial charge in [0.1, 0.15) is 6.04 Å². The highest BCUT2D eigenvalue weighted by Gasteiger charge is 2.36. The van der Waals surface area contributed by atoms with Gasteiger partial charge in [-0.2, -0.15) is 13.2 Å². The summed E-state index contributed by atoms with van der Waals surface area (Å²) in [5.41, 5.74) is 1.98. The number of nitrogens with zero attached hydrogens (tertiary/aromatic N) is 1. The molecule has 7 heteroatoms. The van der Waals surface area contributed by atoms with E-state index in [0.29, 0.717) is 6.42 Å². The number of halogens is 3. The van der Waals surface area contributed by atoms with Crippen LogP contribution in [0.4, 0.5) is 18.0 Å². The van der Waals surface area contributed by atoms with Gasteiger partial charge in [0.2, 0.25) is 0 Å². The average molecular weight is 275 g/mol. The Balaban J connectivity index is 2.34. The van der Waals surface area contributed by atoms with Crippen LogP contribution in [0.3, 0.4) is 0 Å². The highest BCUT2D eigenvalue weighted by molar-refractivity contribution is 5.74. The van der Waals surface area contributed by atoms with Crippen LogP contribution in [0.2, 0.25) is 0 Å². The molecule has 0 unspecified atom stereocenters. The van der Waals surface area contributed by atoms with E-state index in [1.165, 1.54) is 0 Å². The molecule has 4 nitrogen and oxygen atoms in total. The van der Waals surface area contributed by atoms with Gasteiger partial charge in [-0.05, 0) is 37.5 Å². The third kappa shape index (κ3) is 5.15. The van der Waals surface area contributed by atoms with Gasteiger partial charge in [-0.1, -0.05) is 0 Å². The van der Waals surface area contributed by atoms with Crippen LogP contribution in [-0.2, 0) is 6.42 Å². The first-order chi connectivity index (χ1) is 8.80. The maximum Gasteiger partial charge on any atom is 0.408 e. The van der Waals surface area contributed by atoms with Gasteiger partial charge in [-0.25, -0.2) is 4.79 Å². The van der Waals surface area contributed by atoms with Crippen LogP contribution in [0.1, 0.15) is 18.1 Å². The van der Waals surface area contributed by atoms with E-state index in [4.69, 9.17) is 0 Å². The van der Waals surface area contributed by atoms with Gasteiger partial charge < -0.3 is 10.6 Å². The van der Waals surface area contributed by atoms with Crippen LogP contribution in [0.5, 0.6) is 0 Å². The van der Waals surface area contributed by atoms with E-state index in [2.05, 4.69) is 10.3 Å². The van der Waals surface area contributed by atoms with E-state index >= 15 is 0 Å². The normalized spacial score (nSPS) is 12.9. The van der Waals surface area contributed by atoms with Crippen molar-refractivity contribution < 1.29 is 18.0 Å². The van der Waals surface area contributed by atoms with Crippen molar-refractivity contribution in [2.45, 2.75) is 32.5 Å².